The number of benzene rings is 1. The van der Waals surface area contributed by atoms with Crippen LogP contribution >= 0.6 is 11.6 Å². The molecule has 0 amide bonds. The number of carbonyl (C=O) groups excluding carboxylic acids is 1. The van der Waals surface area contributed by atoms with Crippen molar-refractivity contribution in [2.24, 2.45) is 0 Å². The van der Waals surface area contributed by atoms with E-state index in [1.54, 1.807) is 0 Å². The molecule has 0 bridgehead atoms. The van der Waals surface area contributed by atoms with Crippen LogP contribution in [0.5, 0.6) is 5.75 Å². The highest BCUT2D eigenvalue weighted by Crippen LogP contribution is 2.19. The summed E-state index contributed by atoms with van der Waals surface area (Å²) in [7, 11) is 1.38. The van der Waals surface area contributed by atoms with Crippen LogP contribution in [-0.4, -0.2) is 18.8 Å². The van der Waals surface area contributed by atoms with Crippen molar-refractivity contribution in [3.63, 3.8) is 0 Å². The van der Waals surface area contributed by atoms with Gasteiger partial charge in [-0.05, 0) is 31.0 Å². The van der Waals surface area contributed by atoms with E-state index < -0.39 is 5.82 Å². The van der Waals surface area contributed by atoms with Gasteiger partial charge in [-0.1, -0.05) is 0 Å². The maximum Gasteiger partial charge on any atom is 0.165 e. The second-order valence-electron chi connectivity index (χ2n) is 3.42. The number of alkyl halides is 1. The van der Waals surface area contributed by atoms with Gasteiger partial charge >= 0.3 is 0 Å². The van der Waals surface area contributed by atoms with Crippen LogP contribution < -0.4 is 4.74 Å². The first-order chi connectivity index (χ1) is 7.69. The molecule has 0 heterocycles. The molecular weight excluding hydrogens is 231 g/mol. The largest absolute Gasteiger partial charge is 0.494 e. The van der Waals surface area contributed by atoms with Crippen molar-refractivity contribution in [3.8, 4) is 5.75 Å². The average molecular weight is 245 g/mol. The Morgan fingerprint density at radius 3 is 2.81 bits per heavy atom. The van der Waals surface area contributed by atoms with Crippen LogP contribution in [0.4, 0.5) is 4.39 Å². The van der Waals surface area contributed by atoms with Crippen LogP contribution in [0.25, 0.3) is 0 Å². The SMILES string of the molecule is COc1cc(C(=O)CCCCCl)ccc1F. The lowest BCUT2D eigenvalue weighted by atomic mass is 10.1. The molecule has 1 aromatic rings. The third-order valence-corrected chi connectivity index (χ3v) is 2.53. The molecule has 0 aliphatic rings. The number of ether oxygens (including phenoxy) is 1. The van der Waals surface area contributed by atoms with Gasteiger partial charge in [-0.25, -0.2) is 4.39 Å². The van der Waals surface area contributed by atoms with E-state index in [1.165, 1.54) is 25.3 Å². The summed E-state index contributed by atoms with van der Waals surface area (Å²) < 4.78 is 17.9. The fourth-order valence-electron chi connectivity index (χ4n) is 1.36. The van der Waals surface area contributed by atoms with E-state index in [0.29, 0.717) is 17.9 Å². The first kappa shape index (κ1) is 13.0. The number of rotatable bonds is 6. The first-order valence-corrected chi connectivity index (χ1v) is 5.65. The summed E-state index contributed by atoms with van der Waals surface area (Å²) in [4.78, 5) is 11.7. The van der Waals surface area contributed by atoms with Gasteiger partial charge in [-0.15, -0.1) is 11.6 Å². The zero-order chi connectivity index (χ0) is 12.0. The van der Waals surface area contributed by atoms with Crippen LogP contribution in [0.1, 0.15) is 29.6 Å². The molecule has 0 saturated carbocycles. The third kappa shape index (κ3) is 3.49. The molecule has 0 aliphatic heterocycles. The van der Waals surface area contributed by atoms with Crippen molar-refractivity contribution < 1.29 is 13.9 Å². The molecule has 2 nitrogen and oxygen atoms in total. The Labute approximate surface area is 99.4 Å². The van der Waals surface area contributed by atoms with Gasteiger partial charge in [0.2, 0.25) is 0 Å². The monoisotopic (exact) mass is 244 g/mol. The molecule has 0 atom stereocenters. The quantitative estimate of drug-likeness (QED) is 0.435. The van der Waals surface area contributed by atoms with Crippen LogP contribution in [0.3, 0.4) is 0 Å². The molecule has 1 aromatic carbocycles. The van der Waals surface area contributed by atoms with E-state index in [4.69, 9.17) is 16.3 Å². The Balaban J connectivity index is 2.68. The fraction of sp³-hybridized carbons (Fsp3) is 0.417. The number of carbonyl (C=O) groups is 1. The maximum atomic E-state index is 13.1. The summed E-state index contributed by atoms with van der Waals surface area (Å²) in [5.74, 6) is 0.187. The smallest absolute Gasteiger partial charge is 0.165 e. The van der Waals surface area contributed by atoms with Crippen molar-refractivity contribution in [2.45, 2.75) is 19.3 Å². The number of hydrogen-bond acceptors (Lipinski definition) is 2. The number of methoxy groups -OCH3 is 1. The van der Waals surface area contributed by atoms with Crippen LogP contribution in [0.2, 0.25) is 0 Å². The lowest BCUT2D eigenvalue weighted by Crippen LogP contribution is -2.00. The molecule has 0 fully saturated rings. The minimum absolute atomic E-state index is 0.0107. The number of hydrogen-bond donors (Lipinski definition) is 0. The molecule has 88 valence electrons. The summed E-state index contributed by atoms with van der Waals surface area (Å²) in [6.45, 7) is 0. The van der Waals surface area contributed by atoms with E-state index >= 15 is 0 Å². The second kappa shape index (κ2) is 6.48. The highest BCUT2D eigenvalue weighted by molar-refractivity contribution is 6.17. The molecule has 0 radical (unpaired) electrons. The predicted octanol–water partition coefficient (Wildman–Crippen LogP) is 3.43. The molecule has 0 unspecified atom stereocenters. The Hall–Kier alpha value is -1.09. The summed E-state index contributed by atoms with van der Waals surface area (Å²) >= 11 is 5.52. The number of ketones is 1. The van der Waals surface area contributed by atoms with Crippen molar-refractivity contribution >= 4 is 17.4 Å². The van der Waals surface area contributed by atoms with Crippen LogP contribution in [0.15, 0.2) is 18.2 Å². The lowest BCUT2D eigenvalue weighted by molar-refractivity contribution is 0.0979. The zero-order valence-electron chi connectivity index (χ0n) is 9.13. The predicted molar refractivity (Wildman–Crippen MR) is 61.9 cm³/mol. The van der Waals surface area contributed by atoms with Crippen molar-refractivity contribution in [3.05, 3.63) is 29.6 Å². The maximum absolute atomic E-state index is 13.1. The van der Waals surface area contributed by atoms with E-state index in [9.17, 15) is 9.18 Å². The Morgan fingerprint density at radius 1 is 1.44 bits per heavy atom. The summed E-state index contributed by atoms with van der Waals surface area (Å²) in [5.41, 5.74) is 0.479. The van der Waals surface area contributed by atoms with E-state index in [0.717, 1.165) is 12.8 Å². The van der Waals surface area contributed by atoms with Gasteiger partial charge in [-0.2, -0.15) is 0 Å². The number of Topliss-reactive ketones (excluding diaryl/α,β-unsaturated/α-hetero) is 1. The molecule has 0 N–H and O–H groups in total. The van der Waals surface area contributed by atoms with E-state index in [1.807, 2.05) is 0 Å². The van der Waals surface area contributed by atoms with Gasteiger partial charge in [-0.3, -0.25) is 4.79 Å². The Morgan fingerprint density at radius 2 is 2.19 bits per heavy atom. The topological polar surface area (TPSA) is 26.3 Å². The molecule has 0 saturated heterocycles. The normalized spacial score (nSPS) is 10.2. The number of unbranched alkanes of at least 4 members (excludes halogenated alkanes) is 1. The highest BCUT2D eigenvalue weighted by atomic mass is 35.5. The third-order valence-electron chi connectivity index (χ3n) is 2.26. The summed E-state index contributed by atoms with van der Waals surface area (Å²) in [6.07, 6.45) is 2.00. The lowest BCUT2D eigenvalue weighted by Gasteiger charge is -2.04. The van der Waals surface area contributed by atoms with E-state index in [-0.39, 0.29) is 11.5 Å². The average Bonchev–Trinajstić information content (AvgIpc) is 2.30. The molecule has 0 aromatic heterocycles. The van der Waals surface area contributed by atoms with Gasteiger partial charge in [0.1, 0.15) is 0 Å². The highest BCUT2D eigenvalue weighted by Gasteiger charge is 2.09. The van der Waals surface area contributed by atoms with Crippen LogP contribution in [-0.2, 0) is 0 Å². The van der Waals surface area contributed by atoms with Gasteiger partial charge in [0, 0.05) is 17.9 Å². The number of halogens is 2. The summed E-state index contributed by atoms with van der Waals surface area (Å²) in [6, 6.07) is 4.15. The van der Waals surface area contributed by atoms with Gasteiger partial charge in [0.15, 0.2) is 17.3 Å². The van der Waals surface area contributed by atoms with Gasteiger partial charge in [0.05, 0.1) is 7.11 Å². The van der Waals surface area contributed by atoms with Crippen LogP contribution in [0, 0.1) is 5.82 Å². The minimum Gasteiger partial charge on any atom is -0.494 e. The van der Waals surface area contributed by atoms with Crippen molar-refractivity contribution in [2.75, 3.05) is 13.0 Å². The standard InChI is InChI=1S/C12H14ClFO2/c1-16-12-8-9(5-6-10(12)14)11(15)4-2-3-7-13/h5-6,8H,2-4,7H2,1H3. The van der Waals surface area contributed by atoms with Crippen molar-refractivity contribution in [1.29, 1.82) is 0 Å². The molecular formula is C12H14ClFO2. The van der Waals surface area contributed by atoms with Gasteiger partial charge in [0.25, 0.3) is 0 Å². The van der Waals surface area contributed by atoms with E-state index in [2.05, 4.69) is 0 Å². The fourth-order valence-corrected chi connectivity index (χ4v) is 1.55. The zero-order valence-corrected chi connectivity index (χ0v) is 9.89. The molecule has 1 rings (SSSR count). The van der Waals surface area contributed by atoms with Crippen molar-refractivity contribution in [1.82, 2.24) is 0 Å². The second-order valence-corrected chi connectivity index (χ2v) is 3.80. The molecule has 4 heteroatoms. The summed E-state index contributed by atoms with van der Waals surface area (Å²) in [5, 5.41) is 0. The molecule has 0 aliphatic carbocycles. The minimum atomic E-state index is -0.459. The first-order valence-electron chi connectivity index (χ1n) is 5.11. The Bertz CT molecular complexity index is 366. The molecule has 0 spiro atoms. The molecule has 16 heavy (non-hydrogen) atoms. The van der Waals surface area contributed by atoms with Gasteiger partial charge < -0.3 is 4.74 Å². The Kier molecular flexibility index (Phi) is 5.26.